The molecule has 8 heavy (non-hydrogen) atoms. The van der Waals surface area contributed by atoms with Gasteiger partial charge >= 0.3 is 0 Å². The SMILES string of the molecule is CC(C)([SiH3])[Si](C)(C)C. The van der Waals surface area contributed by atoms with E-state index in [0.717, 1.165) is 0 Å². The highest BCUT2D eigenvalue weighted by Crippen LogP contribution is 2.31. The average Bonchev–Trinajstić information content (AvgIpc) is 1.25. The summed E-state index contributed by atoms with van der Waals surface area (Å²) in [5.74, 6) is 0. The fourth-order valence-corrected chi connectivity index (χ4v) is 0. The van der Waals surface area contributed by atoms with Gasteiger partial charge in [-0.2, -0.15) is 0 Å². The zero-order valence-electron chi connectivity index (χ0n) is 7.00. The molecule has 0 atom stereocenters. The van der Waals surface area contributed by atoms with Crippen molar-refractivity contribution in [3.63, 3.8) is 0 Å². The summed E-state index contributed by atoms with van der Waals surface area (Å²) in [7, 11) is 0.552. The Morgan fingerprint density at radius 1 is 1.12 bits per heavy atom. The average molecular weight is 146 g/mol. The van der Waals surface area contributed by atoms with Crippen molar-refractivity contribution in [2.24, 2.45) is 0 Å². The Labute approximate surface area is 57.1 Å². The van der Waals surface area contributed by atoms with Crippen LogP contribution in [0.2, 0.25) is 24.3 Å². The molecule has 0 unspecified atom stereocenters. The first-order valence-electron chi connectivity index (χ1n) is 3.25. The van der Waals surface area contributed by atoms with E-state index in [0.29, 0.717) is 4.66 Å². The summed E-state index contributed by atoms with van der Waals surface area (Å²) < 4.78 is 0.715. The molecule has 0 spiro atoms. The molecule has 0 rings (SSSR count). The molecule has 50 valence electrons. The van der Waals surface area contributed by atoms with Gasteiger partial charge in [-0.25, -0.2) is 0 Å². The van der Waals surface area contributed by atoms with Crippen LogP contribution in [0.5, 0.6) is 0 Å². The highest BCUT2D eigenvalue weighted by Gasteiger charge is 2.28. The van der Waals surface area contributed by atoms with Gasteiger partial charge in [-0.1, -0.05) is 38.2 Å². The predicted octanol–water partition coefficient (Wildman–Crippen LogP) is 1.43. The topological polar surface area (TPSA) is 0 Å². The smallest absolute Gasteiger partial charge is 0.0464 e. The lowest BCUT2D eigenvalue weighted by atomic mass is 10.5. The van der Waals surface area contributed by atoms with Gasteiger partial charge < -0.3 is 0 Å². The summed E-state index contributed by atoms with van der Waals surface area (Å²) in [5, 5.41) is 0. The standard InChI is InChI=1S/C6H18Si2/c1-6(2,7)8(3,4)5/h1-5,7H3. The molecule has 0 radical (unpaired) electrons. The Hall–Kier alpha value is 0.434. The molecular formula is C6H18Si2. The van der Waals surface area contributed by atoms with Crippen LogP contribution >= 0.6 is 0 Å². The Morgan fingerprint density at radius 2 is 1.25 bits per heavy atom. The van der Waals surface area contributed by atoms with Crippen molar-refractivity contribution < 1.29 is 0 Å². The molecule has 0 aromatic heterocycles. The first-order chi connectivity index (χ1) is 3.25. The summed E-state index contributed by atoms with van der Waals surface area (Å²) in [5.41, 5.74) is 0. The zero-order chi connectivity index (χ0) is 7.00. The van der Waals surface area contributed by atoms with Gasteiger partial charge in [-0.05, 0) is 0 Å². The van der Waals surface area contributed by atoms with Gasteiger partial charge in [0.2, 0.25) is 0 Å². The molecule has 0 aliphatic rings. The Kier molecular flexibility index (Phi) is 2.10. The zero-order valence-corrected chi connectivity index (χ0v) is 10.0. The normalized spacial score (nSPS) is 14.6. The molecule has 0 aliphatic carbocycles. The molecule has 0 nitrogen and oxygen atoms in total. The third-order valence-electron chi connectivity index (χ3n) is 2.25. The highest BCUT2D eigenvalue weighted by molar-refractivity contribution is 6.84. The van der Waals surface area contributed by atoms with Crippen LogP contribution in [0.3, 0.4) is 0 Å². The van der Waals surface area contributed by atoms with E-state index in [4.69, 9.17) is 0 Å². The van der Waals surface area contributed by atoms with Gasteiger partial charge in [-0.3, -0.25) is 0 Å². The summed E-state index contributed by atoms with van der Waals surface area (Å²) in [6.45, 7) is 12.1. The maximum atomic E-state index is 2.44. The molecule has 2 heteroatoms. The summed E-state index contributed by atoms with van der Waals surface area (Å²) in [6.07, 6.45) is 0. The number of hydrogen-bond acceptors (Lipinski definition) is 0. The van der Waals surface area contributed by atoms with Crippen molar-refractivity contribution in [3.05, 3.63) is 0 Å². The monoisotopic (exact) mass is 146 g/mol. The van der Waals surface area contributed by atoms with Gasteiger partial charge in [0.15, 0.2) is 0 Å². The van der Waals surface area contributed by atoms with Crippen LogP contribution in [0, 0.1) is 0 Å². The van der Waals surface area contributed by atoms with E-state index in [9.17, 15) is 0 Å². The molecule has 0 saturated carbocycles. The van der Waals surface area contributed by atoms with Crippen LogP contribution in [-0.4, -0.2) is 18.3 Å². The molecular weight excluding hydrogens is 128 g/mol. The van der Waals surface area contributed by atoms with E-state index in [-0.39, 0.29) is 0 Å². The quantitative estimate of drug-likeness (QED) is 0.491. The first kappa shape index (κ1) is 8.43. The summed E-state index contributed by atoms with van der Waals surface area (Å²) in [6, 6.07) is 0. The van der Waals surface area contributed by atoms with E-state index < -0.39 is 8.07 Å². The van der Waals surface area contributed by atoms with Crippen molar-refractivity contribution in [3.8, 4) is 0 Å². The van der Waals surface area contributed by atoms with Gasteiger partial charge in [0.25, 0.3) is 0 Å². The van der Waals surface area contributed by atoms with Gasteiger partial charge in [0, 0.05) is 18.3 Å². The predicted molar refractivity (Wildman–Crippen MR) is 47.3 cm³/mol. The third kappa shape index (κ3) is 2.13. The molecule has 0 bridgehead atoms. The van der Waals surface area contributed by atoms with Crippen molar-refractivity contribution >= 4 is 18.3 Å². The maximum Gasteiger partial charge on any atom is 0.0464 e. The second-order valence-electron chi connectivity index (χ2n) is 4.50. The lowest BCUT2D eigenvalue weighted by Gasteiger charge is -2.32. The van der Waals surface area contributed by atoms with Crippen molar-refractivity contribution in [1.29, 1.82) is 0 Å². The van der Waals surface area contributed by atoms with Crippen LogP contribution in [-0.2, 0) is 0 Å². The van der Waals surface area contributed by atoms with Crippen molar-refractivity contribution in [2.75, 3.05) is 0 Å². The van der Waals surface area contributed by atoms with Crippen LogP contribution in [0.25, 0.3) is 0 Å². The molecule has 0 aromatic carbocycles. The molecule has 0 saturated heterocycles. The largest absolute Gasteiger partial charge is 0.0694 e. The van der Waals surface area contributed by atoms with Crippen LogP contribution in [0.1, 0.15) is 13.8 Å². The molecule has 0 fully saturated rings. The molecule has 0 aliphatic heterocycles. The van der Waals surface area contributed by atoms with E-state index in [1.165, 1.54) is 10.2 Å². The minimum absolute atomic E-state index is 0.715. The second-order valence-corrected chi connectivity index (χ2v) is 14.0. The van der Waals surface area contributed by atoms with Crippen LogP contribution < -0.4 is 0 Å². The third-order valence-corrected chi connectivity index (χ3v) is 11.2. The Balaban J connectivity index is 4.02. The Morgan fingerprint density at radius 3 is 1.25 bits per heavy atom. The van der Waals surface area contributed by atoms with Crippen LogP contribution in [0.4, 0.5) is 0 Å². The fourth-order valence-electron chi connectivity index (χ4n) is 0. The lowest BCUT2D eigenvalue weighted by Crippen LogP contribution is -2.35. The van der Waals surface area contributed by atoms with Crippen molar-refractivity contribution in [1.82, 2.24) is 0 Å². The first-order valence-corrected chi connectivity index (χ1v) is 7.75. The minimum Gasteiger partial charge on any atom is -0.0694 e. The van der Waals surface area contributed by atoms with Gasteiger partial charge in [-0.15, -0.1) is 0 Å². The number of hydrogen-bond donors (Lipinski definition) is 0. The van der Waals surface area contributed by atoms with Gasteiger partial charge in [0.1, 0.15) is 0 Å². The maximum absolute atomic E-state index is 2.44. The summed E-state index contributed by atoms with van der Waals surface area (Å²) in [4.78, 5) is 0. The summed E-state index contributed by atoms with van der Waals surface area (Å²) >= 11 is 0. The fraction of sp³-hybridized carbons (Fsp3) is 1.00. The van der Waals surface area contributed by atoms with Crippen LogP contribution in [0.15, 0.2) is 0 Å². The van der Waals surface area contributed by atoms with Crippen molar-refractivity contribution in [2.45, 2.75) is 38.2 Å². The van der Waals surface area contributed by atoms with E-state index >= 15 is 0 Å². The number of rotatable bonds is 1. The molecule has 0 amide bonds. The Bertz CT molecular complexity index is 61.5. The van der Waals surface area contributed by atoms with E-state index in [1.54, 1.807) is 0 Å². The molecule has 0 heterocycles. The lowest BCUT2D eigenvalue weighted by molar-refractivity contribution is 0.913. The van der Waals surface area contributed by atoms with E-state index in [2.05, 4.69) is 33.5 Å². The van der Waals surface area contributed by atoms with Gasteiger partial charge in [0.05, 0.1) is 0 Å². The van der Waals surface area contributed by atoms with E-state index in [1.807, 2.05) is 0 Å². The molecule has 0 N–H and O–H groups in total. The second kappa shape index (κ2) is 1.99. The minimum atomic E-state index is -0.797. The molecule has 0 aromatic rings. The highest BCUT2D eigenvalue weighted by atomic mass is 28.4.